The van der Waals surface area contributed by atoms with Crippen LogP contribution in [-0.2, 0) is 24.2 Å². The average molecular weight is 677 g/mol. The van der Waals surface area contributed by atoms with Crippen LogP contribution >= 0.6 is 0 Å². The molecule has 0 aliphatic heterocycles. The van der Waals surface area contributed by atoms with Crippen molar-refractivity contribution in [3.8, 4) is 39.9 Å². The van der Waals surface area contributed by atoms with E-state index in [1.54, 1.807) is 30.3 Å². The molecule has 0 bridgehead atoms. The topological polar surface area (TPSA) is 63.2 Å². The largest absolute Gasteiger partial charge is 0.493 e. The molecule has 0 saturated heterocycles. The Kier molecular flexibility index (Phi) is 13.3. The number of carbonyl (C=O) groups excluding carboxylic acids is 1. The molecule has 0 saturated carbocycles. The Balaban J connectivity index is 1.18. The molecule has 260 valence electrons. The zero-order valence-electron chi connectivity index (χ0n) is 29.1. The number of para-hydroxylation sites is 1. The van der Waals surface area contributed by atoms with Gasteiger partial charge in [-0.25, -0.2) is 9.18 Å². The monoisotopic (exact) mass is 676 g/mol. The molecule has 0 aliphatic carbocycles. The lowest BCUT2D eigenvalue weighted by molar-refractivity contribution is 0.0598. The molecule has 0 spiro atoms. The number of ether oxygens (including phenoxy) is 5. The van der Waals surface area contributed by atoms with E-state index in [0.29, 0.717) is 42.6 Å². The SMILES string of the molecule is CCCc1c(OCCCCCOc2cc(OCc3ccccc3)c(-c3ccc(F)cc3)cc2CC)cccc1Oc1ccccc1C(=O)OC. The Morgan fingerprint density at radius 2 is 1.34 bits per heavy atom. The number of methoxy groups -OCH3 is 1. The van der Waals surface area contributed by atoms with Crippen LogP contribution in [0.2, 0.25) is 0 Å². The Morgan fingerprint density at radius 3 is 2.06 bits per heavy atom. The van der Waals surface area contributed by atoms with Crippen molar-refractivity contribution in [1.82, 2.24) is 0 Å². The van der Waals surface area contributed by atoms with Crippen LogP contribution in [-0.4, -0.2) is 26.3 Å². The van der Waals surface area contributed by atoms with Crippen molar-refractivity contribution in [3.63, 3.8) is 0 Å². The lowest BCUT2D eigenvalue weighted by Crippen LogP contribution is -2.06. The number of hydrogen-bond donors (Lipinski definition) is 0. The van der Waals surface area contributed by atoms with Gasteiger partial charge in [0.05, 0.1) is 20.3 Å². The molecule has 50 heavy (non-hydrogen) atoms. The fourth-order valence-electron chi connectivity index (χ4n) is 5.70. The lowest BCUT2D eigenvalue weighted by atomic mass is 9.99. The number of halogens is 1. The van der Waals surface area contributed by atoms with Gasteiger partial charge in [0.1, 0.15) is 46.7 Å². The maximum atomic E-state index is 13.7. The van der Waals surface area contributed by atoms with E-state index in [-0.39, 0.29) is 5.82 Å². The van der Waals surface area contributed by atoms with E-state index in [1.165, 1.54) is 19.2 Å². The summed E-state index contributed by atoms with van der Waals surface area (Å²) in [7, 11) is 1.36. The van der Waals surface area contributed by atoms with Gasteiger partial charge in [-0.1, -0.05) is 80.9 Å². The van der Waals surface area contributed by atoms with Gasteiger partial charge in [0, 0.05) is 17.2 Å². The molecule has 0 radical (unpaired) electrons. The number of rotatable bonds is 18. The van der Waals surface area contributed by atoms with E-state index in [1.807, 2.05) is 60.7 Å². The van der Waals surface area contributed by atoms with Crippen LogP contribution in [0.25, 0.3) is 11.1 Å². The number of hydrogen-bond acceptors (Lipinski definition) is 6. The van der Waals surface area contributed by atoms with Gasteiger partial charge in [-0.2, -0.15) is 0 Å². The van der Waals surface area contributed by atoms with Crippen LogP contribution in [0.5, 0.6) is 28.7 Å². The molecule has 0 aliphatic rings. The summed E-state index contributed by atoms with van der Waals surface area (Å²) in [4.78, 5) is 12.3. The van der Waals surface area contributed by atoms with Crippen LogP contribution in [0, 0.1) is 5.82 Å². The molecule has 5 rings (SSSR count). The van der Waals surface area contributed by atoms with Crippen LogP contribution in [0.3, 0.4) is 0 Å². The highest BCUT2D eigenvalue weighted by Crippen LogP contribution is 2.38. The average Bonchev–Trinajstić information content (AvgIpc) is 3.15. The Labute approximate surface area is 294 Å². The fraction of sp³-hybridized carbons (Fsp3) is 0.279. The van der Waals surface area contributed by atoms with Crippen LogP contribution < -0.4 is 18.9 Å². The van der Waals surface area contributed by atoms with Gasteiger partial charge in [0.25, 0.3) is 0 Å². The Hall–Kier alpha value is -5.30. The van der Waals surface area contributed by atoms with Gasteiger partial charge in [-0.15, -0.1) is 0 Å². The number of unbranched alkanes of at least 4 members (excludes halogenated alkanes) is 2. The first-order valence-electron chi connectivity index (χ1n) is 17.3. The van der Waals surface area contributed by atoms with Crippen molar-refractivity contribution in [2.45, 2.75) is 59.0 Å². The Bertz CT molecular complexity index is 1820. The van der Waals surface area contributed by atoms with Crippen LogP contribution in [0.1, 0.15) is 66.6 Å². The highest BCUT2D eigenvalue weighted by molar-refractivity contribution is 5.92. The molecule has 5 aromatic carbocycles. The second-order valence-electron chi connectivity index (χ2n) is 11.9. The van der Waals surface area contributed by atoms with Crippen molar-refractivity contribution in [3.05, 3.63) is 137 Å². The standard InChI is InChI=1S/C43H45FO6/c1-4-15-35-38(20-14-21-39(35)50-40-19-11-10-18-36(40)43(45)46-3)47-26-12-7-13-27-48-41-29-42(49-30-31-16-8-6-9-17-31)37(28-32(41)5-2)33-22-24-34(44)25-23-33/h6,8-11,14,16-25,28-29H,4-5,7,12-13,15,26-27,30H2,1-3H3. The zero-order chi connectivity index (χ0) is 35.1. The van der Waals surface area contributed by atoms with Gasteiger partial charge in [0.15, 0.2) is 0 Å². The first-order chi connectivity index (χ1) is 24.5. The fourth-order valence-corrected chi connectivity index (χ4v) is 5.70. The third-order valence-corrected chi connectivity index (χ3v) is 8.34. The van der Waals surface area contributed by atoms with Gasteiger partial charge in [-0.3, -0.25) is 0 Å². The summed E-state index contributed by atoms with van der Waals surface area (Å²) in [5.74, 6) is 2.67. The predicted molar refractivity (Wildman–Crippen MR) is 195 cm³/mol. The summed E-state index contributed by atoms with van der Waals surface area (Å²) >= 11 is 0. The number of esters is 1. The normalized spacial score (nSPS) is 10.8. The van der Waals surface area contributed by atoms with Crippen LogP contribution in [0.15, 0.2) is 109 Å². The van der Waals surface area contributed by atoms with Crippen molar-refractivity contribution in [1.29, 1.82) is 0 Å². The van der Waals surface area contributed by atoms with Gasteiger partial charge < -0.3 is 23.7 Å². The molecule has 0 heterocycles. The maximum Gasteiger partial charge on any atom is 0.341 e. The van der Waals surface area contributed by atoms with E-state index >= 15 is 0 Å². The van der Waals surface area contributed by atoms with Crippen molar-refractivity contribution >= 4 is 5.97 Å². The van der Waals surface area contributed by atoms with Gasteiger partial charge >= 0.3 is 5.97 Å². The minimum absolute atomic E-state index is 0.274. The molecular formula is C43H45FO6. The summed E-state index contributed by atoms with van der Waals surface area (Å²) in [5, 5.41) is 0. The second kappa shape index (κ2) is 18.5. The van der Waals surface area contributed by atoms with Crippen molar-refractivity contribution in [2.75, 3.05) is 20.3 Å². The van der Waals surface area contributed by atoms with Crippen molar-refractivity contribution < 1.29 is 32.9 Å². The molecule has 0 atom stereocenters. The minimum atomic E-state index is -0.446. The summed E-state index contributed by atoms with van der Waals surface area (Å²) in [6.45, 7) is 5.74. The minimum Gasteiger partial charge on any atom is -0.493 e. The quantitative estimate of drug-likeness (QED) is 0.0680. The zero-order valence-corrected chi connectivity index (χ0v) is 29.1. The third kappa shape index (κ3) is 9.65. The summed E-state index contributed by atoms with van der Waals surface area (Å²) in [5.41, 5.74) is 5.27. The first kappa shape index (κ1) is 36.0. The smallest absolute Gasteiger partial charge is 0.341 e. The summed E-state index contributed by atoms with van der Waals surface area (Å²) in [6.07, 6.45) is 5.13. The highest BCUT2D eigenvalue weighted by Gasteiger charge is 2.17. The molecule has 7 heteroatoms. The molecule has 0 N–H and O–H groups in total. The van der Waals surface area contributed by atoms with Gasteiger partial charge in [-0.05, 0) is 91.3 Å². The number of aryl methyl sites for hydroxylation is 1. The molecule has 0 fully saturated rings. The highest BCUT2D eigenvalue weighted by atomic mass is 19.1. The maximum absolute atomic E-state index is 13.7. The second-order valence-corrected chi connectivity index (χ2v) is 11.9. The van der Waals surface area contributed by atoms with E-state index in [0.717, 1.165) is 77.8 Å². The van der Waals surface area contributed by atoms with Gasteiger partial charge in [0.2, 0.25) is 0 Å². The first-order valence-corrected chi connectivity index (χ1v) is 17.3. The summed E-state index contributed by atoms with van der Waals surface area (Å²) in [6, 6.07) is 33.4. The molecular weight excluding hydrogens is 631 g/mol. The molecule has 0 unspecified atom stereocenters. The number of carbonyl (C=O) groups is 1. The predicted octanol–water partition coefficient (Wildman–Crippen LogP) is 10.8. The molecule has 0 amide bonds. The number of benzene rings is 5. The van der Waals surface area contributed by atoms with E-state index < -0.39 is 5.97 Å². The van der Waals surface area contributed by atoms with E-state index in [9.17, 15) is 9.18 Å². The third-order valence-electron chi connectivity index (χ3n) is 8.34. The Morgan fingerprint density at radius 1 is 0.660 bits per heavy atom. The van der Waals surface area contributed by atoms with E-state index in [2.05, 4.69) is 19.9 Å². The van der Waals surface area contributed by atoms with Crippen LogP contribution in [0.4, 0.5) is 4.39 Å². The molecule has 5 aromatic rings. The molecule has 6 nitrogen and oxygen atoms in total. The molecule has 0 aromatic heterocycles. The van der Waals surface area contributed by atoms with Crippen molar-refractivity contribution in [2.24, 2.45) is 0 Å². The van der Waals surface area contributed by atoms with E-state index in [4.69, 9.17) is 23.7 Å². The lowest BCUT2D eigenvalue weighted by Gasteiger charge is -2.18. The summed E-state index contributed by atoms with van der Waals surface area (Å²) < 4.78 is 43.8.